The lowest BCUT2D eigenvalue weighted by atomic mass is 9.64. The number of hydrogen-bond donors (Lipinski definition) is 0. The molecule has 0 radical (unpaired) electrons. The molecule has 0 saturated heterocycles. The van der Waals surface area contributed by atoms with Crippen molar-refractivity contribution in [2.45, 2.75) is 25.7 Å². The third-order valence-corrected chi connectivity index (χ3v) is 9.81. The molecule has 3 heterocycles. The number of para-hydroxylation sites is 4. The van der Waals surface area contributed by atoms with Crippen LogP contribution >= 0.6 is 0 Å². The van der Waals surface area contributed by atoms with Crippen molar-refractivity contribution < 1.29 is 0 Å². The van der Waals surface area contributed by atoms with E-state index in [1.807, 2.05) is 0 Å². The highest BCUT2D eigenvalue weighted by atomic mass is 15.2. The number of fused-ring (bicyclic) bond motifs is 7. The van der Waals surface area contributed by atoms with Gasteiger partial charge in [0.2, 0.25) is 0 Å². The van der Waals surface area contributed by atoms with E-state index in [2.05, 4.69) is 151 Å². The Morgan fingerprint density at radius 2 is 1.27 bits per heavy atom. The summed E-state index contributed by atoms with van der Waals surface area (Å²) in [5.74, 6) is 0.359. The fourth-order valence-electron chi connectivity index (χ4n) is 7.58. The number of anilines is 6. The predicted octanol–water partition coefficient (Wildman–Crippen LogP) is 8.67. The average molecular weight is 523 g/mol. The molecule has 2 aliphatic heterocycles. The van der Waals surface area contributed by atoms with Gasteiger partial charge in [-0.25, -0.2) is 0 Å². The van der Waals surface area contributed by atoms with Crippen LogP contribution in [-0.4, -0.2) is 18.7 Å². The van der Waals surface area contributed by atoms with Gasteiger partial charge in [0.1, 0.15) is 0 Å². The highest BCUT2D eigenvalue weighted by Gasteiger charge is 2.45. The molecule has 1 atom stereocenters. The molecule has 1 unspecified atom stereocenters. The van der Waals surface area contributed by atoms with Crippen molar-refractivity contribution in [1.29, 1.82) is 0 Å². The van der Waals surface area contributed by atoms with E-state index in [9.17, 15) is 0 Å². The second-order valence-electron chi connectivity index (χ2n) is 12.1. The molecule has 1 aliphatic carbocycles. The summed E-state index contributed by atoms with van der Waals surface area (Å²) in [6.07, 6.45) is 3.49. The summed E-state index contributed by atoms with van der Waals surface area (Å²) >= 11 is 0. The van der Waals surface area contributed by atoms with Crippen LogP contribution in [0.15, 0.2) is 96.7 Å². The van der Waals surface area contributed by atoms with Gasteiger partial charge >= 0.3 is 0 Å². The van der Waals surface area contributed by atoms with Gasteiger partial charge in [0.15, 0.2) is 0 Å². The van der Waals surface area contributed by atoms with Crippen molar-refractivity contribution in [2.75, 3.05) is 28.8 Å². The summed E-state index contributed by atoms with van der Waals surface area (Å²) in [6, 6.07) is 33.4. The Bertz CT molecular complexity index is 1860. The van der Waals surface area contributed by atoms with Gasteiger partial charge < -0.3 is 19.3 Å². The summed E-state index contributed by atoms with van der Waals surface area (Å²) in [6.45, 7) is 4.87. The minimum absolute atomic E-state index is 0.00226. The van der Waals surface area contributed by atoms with Crippen molar-refractivity contribution in [3.8, 4) is 0 Å². The Kier molecular flexibility index (Phi) is 4.72. The van der Waals surface area contributed by atoms with E-state index in [4.69, 9.17) is 0 Å². The molecule has 1 aromatic heterocycles. The maximum Gasteiger partial charge on any atom is 0.0671 e. The van der Waals surface area contributed by atoms with Gasteiger partial charge in [0.05, 0.1) is 28.3 Å². The van der Waals surface area contributed by atoms with Gasteiger partial charge in [0.25, 0.3) is 0 Å². The second kappa shape index (κ2) is 8.04. The first kappa shape index (κ1) is 23.4. The zero-order chi connectivity index (χ0) is 27.3. The number of aryl methyl sites for hydroxylation is 1. The van der Waals surface area contributed by atoms with E-state index in [-0.39, 0.29) is 5.41 Å². The Morgan fingerprint density at radius 1 is 0.675 bits per heavy atom. The maximum atomic E-state index is 2.51. The zero-order valence-corrected chi connectivity index (χ0v) is 23.8. The number of rotatable bonds is 1. The van der Waals surface area contributed by atoms with Crippen LogP contribution in [0.1, 0.15) is 30.7 Å². The zero-order valence-electron chi connectivity index (χ0n) is 23.8. The molecule has 4 aromatic carbocycles. The molecule has 8 rings (SSSR count). The quantitative estimate of drug-likeness (QED) is 0.219. The molecular weight excluding hydrogens is 488 g/mol. The van der Waals surface area contributed by atoms with Crippen molar-refractivity contribution in [3.05, 3.63) is 114 Å². The Morgan fingerprint density at radius 3 is 1.98 bits per heavy atom. The maximum absolute atomic E-state index is 2.51. The molecule has 4 heteroatoms. The van der Waals surface area contributed by atoms with Crippen LogP contribution in [0.3, 0.4) is 0 Å². The van der Waals surface area contributed by atoms with Gasteiger partial charge in [-0.2, -0.15) is 0 Å². The van der Waals surface area contributed by atoms with Crippen molar-refractivity contribution in [2.24, 2.45) is 13.0 Å². The summed E-state index contributed by atoms with van der Waals surface area (Å²) in [5, 5.41) is 1.37. The fourth-order valence-corrected chi connectivity index (χ4v) is 7.58. The number of allylic oxidation sites excluding steroid dienone is 1. The van der Waals surface area contributed by atoms with Crippen LogP contribution in [0.4, 0.5) is 34.1 Å². The van der Waals surface area contributed by atoms with Crippen molar-refractivity contribution >= 4 is 51.1 Å². The van der Waals surface area contributed by atoms with Gasteiger partial charge in [-0.1, -0.05) is 62.4 Å². The Labute approximate surface area is 236 Å². The number of hydrogen-bond acceptors (Lipinski definition) is 3. The second-order valence-corrected chi connectivity index (χ2v) is 12.1. The Balaban J connectivity index is 1.37. The summed E-state index contributed by atoms with van der Waals surface area (Å²) in [7, 11) is 6.62. The lowest BCUT2D eigenvalue weighted by molar-refractivity contribution is 0.346. The third-order valence-electron chi connectivity index (χ3n) is 9.81. The van der Waals surface area contributed by atoms with Crippen LogP contribution < -0.4 is 14.7 Å². The average Bonchev–Trinajstić information content (AvgIpc) is 3.25. The van der Waals surface area contributed by atoms with Crippen LogP contribution in [0, 0.1) is 5.92 Å². The molecule has 0 fully saturated rings. The van der Waals surface area contributed by atoms with Crippen LogP contribution in [0.25, 0.3) is 17.0 Å². The van der Waals surface area contributed by atoms with Crippen molar-refractivity contribution in [3.63, 3.8) is 0 Å². The highest BCUT2D eigenvalue weighted by molar-refractivity contribution is 6.02. The van der Waals surface area contributed by atoms with E-state index in [0.717, 1.165) is 6.42 Å². The van der Waals surface area contributed by atoms with Crippen LogP contribution in [0.2, 0.25) is 0 Å². The highest BCUT2D eigenvalue weighted by Crippen LogP contribution is 2.55. The lowest BCUT2D eigenvalue weighted by Crippen LogP contribution is -2.43. The molecule has 0 amide bonds. The molecule has 4 nitrogen and oxygen atoms in total. The molecule has 0 saturated carbocycles. The normalized spacial score (nSPS) is 18.5. The first-order chi connectivity index (χ1) is 19.4. The minimum Gasteiger partial charge on any atom is -0.344 e. The first-order valence-electron chi connectivity index (χ1n) is 14.2. The topological polar surface area (TPSA) is 14.7 Å². The molecular formula is C36H34N4. The molecule has 0 bridgehead atoms. The van der Waals surface area contributed by atoms with Crippen molar-refractivity contribution in [1.82, 2.24) is 4.57 Å². The molecule has 0 N–H and O–H groups in total. The van der Waals surface area contributed by atoms with Crippen LogP contribution in [-0.2, 0) is 18.9 Å². The molecule has 3 aliphatic rings. The summed E-state index contributed by atoms with van der Waals surface area (Å²) in [4.78, 5) is 7.20. The number of benzene rings is 4. The molecule has 40 heavy (non-hydrogen) atoms. The monoisotopic (exact) mass is 522 g/mol. The first-order valence-corrected chi connectivity index (χ1v) is 14.2. The standard InChI is InChI=1S/C36H34N4/c1-36(2)26-15-9-10-16-28(26)40(23-13-7-6-8-14-23)33-21-31-24(19-27(33)36)25-20-34-35(22-32(25)39(31)5)38(4)30-18-12-11-17-29(30)37(34)3/h6-18,20-22,27H,19H2,1-5H3. The molecule has 198 valence electrons. The predicted molar refractivity (Wildman–Crippen MR) is 169 cm³/mol. The fraction of sp³-hybridized carbons (Fsp3) is 0.222. The van der Waals surface area contributed by atoms with E-state index >= 15 is 0 Å². The third kappa shape index (κ3) is 2.96. The smallest absolute Gasteiger partial charge is 0.0671 e. The van der Waals surface area contributed by atoms with Gasteiger partial charge in [-0.15, -0.1) is 0 Å². The van der Waals surface area contributed by atoms with Crippen LogP contribution in [0.5, 0.6) is 0 Å². The number of aromatic nitrogens is 1. The Hall–Kier alpha value is -4.44. The molecule has 0 spiro atoms. The lowest BCUT2D eigenvalue weighted by Gasteiger charge is -2.49. The van der Waals surface area contributed by atoms with Gasteiger partial charge in [-0.05, 0) is 66.1 Å². The molecule has 5 aromatic rings. The van der Waals surface area contributed by atoms with E-state index in [1.54, 1.807) is 0 Å². The largest absolute Gasteiger partial charge is 0.344 e. The van der Waals surface area contributed by atoms with Gasteiger partial charge in [0, 0.05) is 60.6 Å². The summed E-state index contributed by atoms with van der Waals surface area (Å²) < 4.78 is 2.42. The van der Waals surface area contributed by atoms with E-state index in [1.165, 1.54) is 67.5 Å². The van der Waals surface area contributed by atoms with E-state index < -0.39 is 0 Å². The number of nitrogens with zero attached hydrogens (tertiary/aromatic N) is 4. The minimum atomic E-state index is -0.00226. The SMILES string of the molecule is CN1c2ccccc2N(C)c2cc3c(cc21)c1c(n3C)C=C2C(C1)C(C)(C)c1ccccc1N2c1ccccc1. The summed E-state index contributed by atoms with van der Waals surface area (Å²) in [5.41, 5.74) is 14.4. The van der Waals surface area contributed by atoms with Gasteiger partial charge in [-0.3, -0.25) is 0 Å². The van der Waals surface area contributed by atoms with E-state index in [0.29, 0.717) is 5.92 Å².